The van der Waals surface area contributed by atoms with Crippen LogP contribution < -0.4 is 16.0 Å². The highest BCUT2D eigenvalue weighted by atomic mass is 32.1. The molecule has 3 aromatic rings. The van der Waals surface area contributed by atoms with Gasteiger partial charge in [-0.25, -0.2) is 4.79 Å². The minimum atomic E-state index is -0.344. The zero-order chi connectivity index (χ0) is 17.6. The van der Waals surface area contributed by atoms with Gasteiger partial charge < -0.3 is 16.0 Å². The smallest absolute Gasteiger partial charge is 0.321 e. The fourth-order valence-corrected chi connectivity index (χ4v) is 3.00. The zero-order valence-corrected chi connectivity index (χ0v) is 14.4. The van der Waals surface area contributed by atoms with E-state index in [1.807, 2.05) is 31.2 Å². The van der Waals surface area contributed by atoms with E-state index in [0.717, 1.165) is 4.88 Å². The van der Waals surface area contributed by atoms with Crippen molar-refractivity contribution in [2.24, 2.45) is 0 Å². The van der Waals surface area contributed by atoms with Crippen LogP contribution in [0.2, 0.25) is 0 Å². The molecule has 3 N–H and O–H groups in total. The molecule has 0 radical (unpaired) electrons. The van der Waals surface area contributed by atoms with Crippen LogP contribution in [0.1, 0.15) is 14.5 Å². The first-order chi connectivity index (χ1) is 12.1. The van der Waals surface area contributed by atoms with Gasteiger partial charge in [-0.2, -0.15) is 0 Å². The molecule has 2 aromatic carbocycles. The second kappa shape index (κ2) is 7.63. The predicted molar refractivity (Wildman–Crippen MR) is 103 cm³/mol. The van der Waals surface area contributed by atoms with Gasteiger partial charge in [0.05, 0.1) is 4.88 Å². The number of rotatable bonds is 4. The van der Waals surface area contributed by atoms with Crippen molar-refractivity contribution in [3.63, 3.8) is 0 Å². The minimum absolute atomic E-state index is 0.163. The highest BCUT2D eigenvalue weighted by Gasteiger charge is 2.09. The van der Waals surface area contributed by atoms with Crippen LogP contribution in [-0.4, -0.2) is 11.9 Å². The molecule has 0 atom stereocenters. The second-order valence-electron chi connectivity index (χ2n) is 5.39. The van der Waals surface area contributed by atoms with Gasteiger partial charge in [0.15, 0.2) is 0 Å². The van der Waals surface area contributed by atoms with E-state index in [9.17, 15) is 9.59 Å². The van der Waals surface area contributed by atoms with Gasteiger partial charge in [0.2, 0.25) is 0 Å². The molecule has 0 saturated heterocycles. The van der Waals surface area contributed by atoms with Crippen LogP contribution in [0.15, 0.2) is 66.7 Å². The van der Waals surface area contributed by atoms with E-state index in [2.05, 4.69) is 16.0 Å². The molecule has 0 aliphatic carbocycles. The van der Waals surface area contributed by atoms with E-state index in [1.165, 1.54) is 11.3 Å². The summed E-state index contributed by atoms with van der Waals surface area (Å²) in [5.74, 6) is -0.163. The summed E-state index contributed by atoms with van der Waals surface area (Å²) in [7, 11) is 0. The van der Waals surface area contributed by atoms with Crippen molar-refractivity contribution < 1.29 is 9.59 Å². The Morgan fingerprint density at radius 3 is 2.08 bits per heavy atom. The number of anilines is 3. The van der Waals surface area contributed by atoms with Gasteiger partial charge in [-0.3, -0.25) is 4.79 Å². The van der Waals surface area contributed by atoms with E-state index >= 15 is 0 Å². The number of carbonyl (C=O) groups excluding carboxylic acids is 2. The molecule has 0 bridgehead atoms. The minimum Gasteiger partial charge on any atom is -0.321 e. The lowest BCUT2D eigenvalue weighted by atomic mass is 10.2. The number of para-hydroxylation sites is 1. The Labute approximate surface area is 149 Å². The highest BCUT2D eigenvalue weighted by molar-refractivity contribution is 7.14. The summed E-state index contributed by atoms with van der Waals surface area (Å²) in [5.41, 5.74) is 1.92. The third-order valence-electron chi connectivity index (χ3n) is 3.37. The normalized spacial score (nSPS) is 10.1. The average Bonchev–Trinajstić information content (AvgIpc) is 3.02. The lowest BCUT2D eigenvalue weighted by Gasteiger charge is -2.09. The van der Waals surface area contributed by atoms with Crippen molar-refractivity contribution in [3.8, 4) is 0 Å². The molecule has 0 spiro atoms. The van der Waals surface area contributed by atoms with E-state index in [0.29, 0.717) is 21.9 Å². The standard InChI is InChI=1S/C19H17N3O2S/c1-13-10-11-17(25-13)18(23)20-15-8-5-9-16(12-15)22-19(24)21-14-6-3-2-4-7-14/h2-12H,1H3,(H,20,23)(H2,21,22,24). The van der Waals surface area contributed by atoms with Crippen LogP contribution in [-0.2, 0) is 0 Å². The number of urea groups is 1. The van der Waals surface area contributed by atoms with Gasteiger partial charge in [-0.15, -0.1) is 11.3 Å². The zero-order valence-electron chi connectivity index (χ0n) is 13.6. The number of aryl methyl sites for hydroxylation is 1. The van der Waals surface area contributed by atoms with Crippen molar-refractivity contribution in [1.82, 2.24) is 0 Å². The molecular formula is C19H17N3O2S. The number of hydrogen-bond donors (Lipinski definition) is 3. The summed E-state index contributed by atoms with van der Waals surface area (Å²) in [6.07, 6.45) is 0. The van der Waals surface area contributed by atoms with Crippen molar-refractivity contribution in [2.45, 2.75) is 6.92 Å². The third-order valence-corrected chi connectivity index (χ3v) is 4.37. The lowest BCUT2D eigenvalue weighted by molar-refractivity contribution is 0.103. The fraction of sp³-hybridized carbons (Fsp3) is 0.0526. The highest BCUT2D eigenvalue weighted by Crippen LogP contribution is 2.19. The molecule has 1 aromatic heterocycles. The summed E-state index contributed by atoms with van der Waals surface area (Å²) < 4.78 is 0. The number of hydrogen-bond acceptors (Lipinski definition) is 3. The van der Waals surface area contributed by atoms with Crippen molar-refractivity contribution in [1.29, 1.82) is 0 Å². The van der Waals surface area contributed by atoms with Crippen LogP contribution in [0.25, 0.3) is 0 Å². The van der Waals surface area contributed by atoms with Crippen LogP contribution in [0.3, 0.4) is 0 Å². The van der Waals surface area contributed by atoms with E-state index in [1.54, 1.807) is 42.5 Å². The molecular weight excluding hydrogens is 334 g/mol. The van der Waals surface area contributed by atoms with Gasteiger partial charge in [-0.1, -0.05) is 24.3 Å². The third kappa shape index (κ3) is 4.68. The number of carbonyl (C=O) groups is 2. The quantitative estimate of drug-likeness (QED) is 0.622. The molecule has 126 valence electrons. The van der Waals surface area contributed by atoms with Gasteiger partial charge in [-0.05, 0) is 49.4 Å². The molecule has 6 heteroatoms. The van der Waals surface area contributed by atoms with E-state index < -0.39 is 0 Å². The Balaban J connectivity index is 1.63. The number of benzene rings is 2. The van der Waals surface area contributed by atoms with Gasteiger partial charge in [0.25, 0.3) is 5.91 Å². The number of nitrogens with one attached hydrogen (secondary N) is 3. The number of thiophene rings is 1. The predicted octanol–water partition coefficient (Wildman–Crippen LogP) is 4.95. The summed E-state index contributed by atoms with van der Waals surface area (Å²) in [4.78, 5) is 26.0. The molecule has 0 aliphatic rings. The Morgan fingerprint density at radius 1 is 0.760 bits per heavy atom. The molecule has 0 saturated carbocycles. The SMILES string of the molecule is Cc1ccc(C(=O)Nc2cccc(NC(=O)Nc3ccccc3)c2)s1. The maximum atomic E-state index is 12.2. The summed E-state index contributed by atoms with van der Waals surface area (Å²) in [5, 5.41) is 8.33. The maximum absolute atomic E-state index is 12.2. The Hall–Kier alpha value is -3.12. The molecule has 3 rings (SSSR count). The van der Waals surface area contributed by atoms with Crippen LogP contribution in [0.5, 0.6) is 0 Å². The molecule has 0 fully saturated rings. The van der Waals surface area contributed by atoms with Crippen molar-refractivity contribution >= 4 is 40.3 Å². The Bertz CT molecular complexity index is 890. The fourth-order valence-electron chi connectivity index (χ4n) is 2.24. The Kier molecular flexibility index (Phi) is 5.11. The number of amides is 3. The first kappa shape index (κ1) is 16.7. The average molecular weight is 351 g/mol. The largest absolute Gasteiger partial charge is 0.323 e. The van der Waals surface area contributed by atoms with E-state index in [4.69, 9.17) is 0 Å². The first-order valence-electron chi connectivity index (χ1n) is 7.71. The maximum Gasteiger partial charge on any atom is 0.323 e. The molecule has 3 amide bonds. The van der Waals surface area contributed by atoms with Gasteiger partial charge in [0.1, 0.15) is 0 Å². The van der Waals surface area contributed by atoms with Crippen molar-refractivity contribution in [2.75, 3.05) is 16.0 Å². The van der Waals surface area contributed by atoms with Gasteiger partial charge >= 0.3 is 6.03 Å². The lowest BCUT2D eigenvalue weighted by Crippen LogP contribution is -2.19. The van der Waals surface area contributed by atoms with Crippen LogP contribution in [0, 0.1) is 6.92 Å². The summed E-state index contributed by atoms with van der Waals surface area (Å²) in [6, 6.07) is 19.6. The molecule has 1 heterocycles. The van der Waals surface area contributed by atoms with Crippen LogP contribution in [0.4, 0.5) is 21.9 Å². The van der Waals surface area contributed by atoms with Crippen molar-refractivity contribution in [3.05, 3.63) is 76.5 Å². The molecule has 0 aliphatic heterocycles. The second-order valence-corrected chi connectivity index (χ2v) is 6.68. The van der Waals surface area contributed by atoms with E-state index in [-0.39, 0.29) is 11.9 Å². The topological polar surface area (TPSA) is 70.2 Å². The molecule has 0 unspecified atom stereocenters. The Morgan fingerprint density at radius 2 is 1.40 bits per heavy atom. The summed E-state index contributed by atoms with van der Waals surface area (Å²) >= 11 is 1.44. The molecule has 5 nitrogen and oxygen atoms in total. The van der Waals surface area contributed by atoms with Crippen LogP contribution >= 0.6 is 11.3 Å². The first-order valence-corrected chi connectivity index (χ1v) is 8.53. The summed E-state index contributed by atoms with van der Waals surface area (Å²) in [6.45, 7) is 1.96. The van der Waals surface area contributed by atoms with Gasteiger partial charge in [0, 0.05) is 21.9 Å². The monoisotopic (exact) mass is 351 g/mol. The molecule has 25 heavy (non-hydrogen) atoms.